The molecule has 86 valence electrons. The van der Waals surface area contributed by atoms with Crippen LogP contribution in [0.25, 0.3) is 0 Å². The summed E-state index contributed by atoms with van der Waals surface area (Å²) in [5, 5.41) is 12.2. The maximum absolute atomic E-state index is 13.5. The minimum absolute atomic E-state index is 0.143. The highest BCUT2D eigenvalue weighted by atomic mass is 79.9. The topological polar surface area (TPSA) is 52.6 Å². The first-order valence-corrected chi connectivity index (χ1v) is 5.46. The van der Waals surface area contributed by atoms with E-state index in [1.807, 2.05) is 0 Å². The van der Waals surface area contributed by atoms with Crippen molar-refractivity contribution in [3.8, 4) is 0 Å². The Labute approximate surface area is 100 Å². The van der Waals surface area contributed by atoms with E-state index in [-0.39, 0.29) is 5.69 Å². The van der Waals surface area contributed by atoms with Crippen molar-refractivity contribution in [2.45, 2.75) is 19.1 Å². The first kappa shape index (κ1) is 11.3. The van der Waals surface area contributed by atoms with Crippen LogP contribution < -0.4 is 9.24 Å². The largest absolute Gasteiger partial charge is 0.391 e. The van der Waals surface area contributed by atoms with Crippen molar-refractivity contribution >= 4 is 33.4 Å². The molecule has 0 aliphatic carbocycles. The number of rotatable bonds is 1. The number of amides is 1. The maximum atomic E-state index is 13.5. The lowest BCUT2D eigenvalue weighted by Crippen LogP contribution is -2.48. The predicted molar refractivity (Wildman–Crippen MR) is 61.9 cm³/mol. The number of benzene rings is 1. The Morgan fingerprint density at radius 3 is 2.94 bits per heavy atom. The molecule has 1 aliphatic rings. The van der Waals surface area contributed by atoms with E-state index in [1.165, 1.54) is 19.1 Å². The number of para-hydroxylation sites is 1. The molecule has 1 aliphatic heterocycles. The molecular formula is C10H10BrFN2O2. The number of aliphatic hydroxyl groups is 1. The molecule has 1 aromatic rings. The van der Waals surface area contributed by atoms with Crippen molar-refractivity contribution in [1.82, 2.24) is 0 Å². The standard InChI is InChI=1S/C10H10BrFN2O2/c1-5(15)8-10(16)14(11)9-6(12)3-2-4-7(9)13-8/h2-5,8,13,15H,1H3. The van der Waals surface area contributed by atoms with Crippen molar-refractivity contribution in [1.29, 1.82) is 0 Å². The molecular weight excluding hydrogens is 279 g/mol. The second kappa shape index (κ2) is 4.03. The van der Waals surface area contributed by atoms with Gasteiger partial charge in [-0.1, -0.05) is 6.07 Å². The number of anilines is 2. The summed E-state index contributed by atoms with van der Waals surface area (Å²) in [6.07, 6.45) is -0.857. The Balaban J connectivity index is 2.48. The third kappa shape index (κ3) is 1.68. The number of fused-ring (bicyclic) bond motifs is 1. The van der Waals surface area contributed by atoms with Crippen LogP contribution in [0.2, 0.25) is 0 Å². The van der Waals surface area contributed by atoms with Crippen LogP contribution in [0.4, 0.5) is 15.8 Å². The van der Waals surface area contributed by atoms with Crippen molar-refractivity contribution in [2.24, 2.45) is 0 Å². The van der Waals surface area contributed by atoms with Gasteiger partial charge < -0.3 is 10.4 Å². The van der Waals surface area contributed by atoms with Gasteiger partial charge >= 0.3 is 0 Å². The lowest BCUT2D eigenvalue weighted by atomic mass is 10.1. The van der Waals surface area contributed by atoms with Crippen molar-refractivity contribution in [3.05, 3.63) is 24.0 Å². The van der Waals surface area contributed by atoms with Gasteiger partial charge in [0.2, 0.25) is 0 Å². The van der Waals surface area contributed by atoms with Crippen LogP contribution in [0.5, 0.6) is 0 Å². The number of nitrogens with zero attached hydrogens (tertiary/aromatic N) is 1. The molecule has 0 spiro atoms. The average Bonchev–Trinajstić information content (AvgIpc) is 2.22. The number of carbonyl (C=O) groups is 1. The molecule has 4 nitrogen and oxygen atoms in total. The monoisotopic (exact) mass is 288 g/mol. The predicted octanol–water partition coefficient (Wildman–Crippen LogP) is 1.64. The lowest BCUT2D eigenvalue weighted by Gasteiger charge is -2.32. The van der Waals surface area contributed by atoms with Gasteiger partial charge in [-0.05, 0) is 19.1 Å². The SMILES string of the molecule is CC(O)C1Nc2cccc(F)c2N(Br)C1=O. The molecule has 6 heteroatoms. The molecule has 2 atom stereocenters. The highest BCUT2D eigenvalue weighted by Crippen LogP contribution is 2.36. The molecule has 0 aromatic heterocycles. The normalized spacial score (nSPS) is 21.4. The Morgan fingerprint density at radius 2 is 2.31 bits per heavy atom. The Morgan fingerprint density at radius 1 is 1.62 bits per heavy atom. The molecule has 1 amide bonds. The molecule has 0 radical (unpaired) electrons. The summed E-state index contributed by atoms with van der Waals surface area (Å²) in [6, 6.07) is 3.68. The van der Waals surface area contributed by atoms with Crippen LogP contribution in [0, 0.1) is 5.82 Å². The second-order valence-corrected chi connectivity index (χ2v) is 4.33. The zero-order valence-electron chi connectivity index (χ0n) is 8.45. The van der Waals surface area contributed by atoms with E-state index in [9.17, 15) is 14.3 Å². The number of carbonyl (C=O) groups excluding carboxylic acids is 1. The molecule has 2 N–H and O–H groups in total. The zero-order valence-corrected chi connectivity index (χ0v) is 10.0. The minimum atomic E-state index is -0.857. The van der Waals surface area contributed by atoms with E-state index >= 15 is 0 Å². The highest BCUT2D eigenvalue weighted by Gasteiger charge is 2.35. The summed E-state index contributed by atoms with van der Waals surface area (Å²) in [5.41, 5.74) is 0.617. The Kier molecular flexibility index (Phi) is 2.86. The molecule has 0 saturated carbocycles. The Hall–Kier alpha value is -1.14. The van der Waals surface area contributed by atoms with E-state index in [2.05, 4.69) is 21.5 Å². The molecule has 0 fully saturated rings. The van der Waals surface area contributed by atoms with Crippen LogP contribution in [0.15, 0.2) is 18.2 Å². The van der Waals surface area contributed by atoms with Gasteiger partial charge in [0.1, 0.15) is 17.5 Å². The fourth-order valence-corrected chi connectivity index (χ4v) is 2.20. The summed E-state index contributed by atoms with van der Waals surface area (Å²) in [7, 11) is 0. The average molecular weight is 289 g/mol. The maximum Gasteiger partial charge on any atom is 0.262 e. The molecule has 1 heterocycles. The minimum Gasteiger partial charge on any atom is -0.391 e. The zero-order chi connectivity index (χ0) is 11.9. The summed E-state index contributed by atoms with van der Waals surface area (Å²) in [4.78, 5) is 11.8. The fraction of sp³-hybridized carbons (Fsp3) is 0.300. The Bertz CT molecular complexity index is 439. The summed E-state index contributed by atoms with van der Waals surface area (Å²) < 4.78 is 14.5. The van der Waals surface area contributed by atoms with Gasteiger partial charge in [0.15, 0.2) is 0 Å². The van der Waals surface area contributed by atoms with Crippen LogP contribution in [-0.4, -0.2) is 23.2 Å². The van der Waals surface area contributed by atoms with E-state index in [0.29, 0.717) is 5.69 Å². The third-order valence-corrected chi connectivity index (χ3v) is 3.14. The molecule has 2 rings (SSSR count). The van der Waals surface area contributed by atoms with E-state index in [1.54, 1.807) is 6.07 Å². The van der Waals surface area contributed by atoms with Gasteiger partial charge in [-0.3, -0.25) is 4.79 Å². The van der Waals surface area contributed by atoms with Gasteiger partial charge in [0.25, 0.3) is 5.91 Å². The molecule has 0 bridgehead atoms. The molecule has 0 saturated heterocycles. The van der Waals surface area contributed by atoms with Crippen LogP contribution in [0.1, 0.15) is 6.92 Å². The van der Waals surface area contributed by atoms with Crippen LogP contribution in [-0.2, 0) is 4.79 Å². The first-order chi connectivity index (χ1) is 7.52. The number of hydrogen-bond donors (Lipinski definition) is 2. The second-order valence-electron chi connectivity index (χ2n) is 3.62. The van der Waals surface area contributed by atoms with Gasteiger partial charge in [-0.2, -0.15) is 0 Å². The summed E-state index contributed by atoms with van der Waals surface area (Å²) in [5.74, 6) is -0.924. The quantitative estimate of drug-likeness (QED) is 0.773. The van der Waals surface area contributed by atoms with Crippen molar-refractivity contribution in [3.63, 3.8) is 0 Å². The van der Waals surface area contributed by atoms with E-state index in [0.717, 1.165) is 3.93 Å². The van der Waals surface area contributed by atoms with Crippen molar-refractivity contribution in [2.75, 3.05) is 9.24 Å². The summed E-state index contributed by atoms with van der Waals surface area (Å²) in [6.45, 7) is 1.50. The highest BCUT2D eigenvalue weighted by molar-refractivity contribution is 9.10. The van der Waals surface area contributed by atoms with Gasteiger partial charge in [-0.15, -0.1) is 0 Å². The number of nitrogens with one attached hydrogen (secondary N) is 1. The van der Waals surface area contributed by atoms with E-state index in [4.69, 9.17) is 0 Å². The fourth-order valence-electron chi connectivity index (χ4n) is 1.62. The van der Waals surface area contributed by atoms with Crippen LogP contribution in [0.3, 0.4) is 0 Å². The van der Waals surface area contributed by atoms with E-state index < -0.39 is 23.9 Å². The van der Waals surface area contributed by atoms with Crippen LogP contribution >= 0.6 is 16.1 Å². The lowest BCUT2D eigenvalue weighted by molar-refractivity contribution is -0.120. The number of halogens is 2. The summed E-state index contributed by atoms with van der Waals surface area (Å²) >= 11 is 3.00. The number of hydrogen-bond acceptors (Lipinski definition) is 3. The molecule has 16 heavy (non-hydrogen) atoms. The first-order valence-electron chi connectivity index (χ1n) is 4.75. The molecule has 1 aromatic carbocycles. The van der Waals surface area contributed by atoms with Gasteiger partial charge in [0.05, 0.1) is 27.9 Å². The third-order valence-electron chi connectivity index (χ3n) is 2.44. The van der Waals surface area contributed by atoms with Crippen molar-refractivity contribution < 1.29 is 14.3 Å². The van der Waals surface area contributed by atoms with Gasteiger partial charge in [-0.25, -0.2) is 8.32 Å². The number of aliphatic hydroxyl groups excluding tert-OH is 1. The smallest absolute Gasteiger partial charge is 0.262 e. The van der Waals surface area contributed by atoms with Gasteiger partial charge in [0, 0.05) is 0 Å². The molecule has 2 unspecified atom stereocenters.